The molecule has 3 aromatic carbocycles. The molecule has 0 bridgehead atoms. The number of carbonyl (C=O) groups is 3. The Morgan fingerprint density at radius 2 is 1.12 bits per heavy atom. The maximum atomic E-state index is 13.8. The van der Waals surface area contributed by atoms with Crippen LogP contribution in [0.25, 0.3) is 0 Å². The van der Waals surface area contributed by atoms with Crippen molar-refractivity contribution in [1.82, 2.24) is 0 Å². The number of benzene rings is 3. The zero-order valence-corrected chi connectivity index (χ0v) is 23.6. The molecule has 1 saturated heterocycles. The van der Waals surface area contributed by atoms with Gasteiger partial charge < -0.3 is 24.7 Å². The van der Waals surface area contributed by atoms with Gasteiger partial charge in [-0.2, -0.15) is 13.2 Å². The van der Waals surface area contributed by atoms with Gasteiger partial charge in [0.15, 0.2) is 18.3 Å². The van der Waals surface area contributed by atoms with Gasteiger partial charge in [-0.3, -0.25) is 0 Å². The largest absolute Gasteiger partial charge is 0.452 e. The van der Waals surface area contributed by atoms with Crippen LogP contribution in [0.4, 0.5) is 13.2 Å². The Kier molecular flexibility index (Phi) is 10.3. The normalized spacial score (nSPS) is 22.6. The smallest absolute Gasteiger partial charge is 0.413 e. The van der Waals surface area contributed by atoms with Crippen molar-refractivity contribution < 1.29 is 46.5 Å². The minimum atomic E-state index is -4.92. The van der Waals surface area contributed by atoms with E-state index in [9.17, 15) is 27.6 Å². The van der Waals surface area contributed by atoms with Crippen molar-refractivity contribution in [2.24, 2.45) is 5.73 Å². The lowest BCUT2D eigenvalue weighted by atomic mass is 9.90. The number of ether oxygens (including phenoxy) is 4. The Labute approximate surface area is 249 Å². The summed E-state index contributed by atoms with van der Waals surface area (Å²) in [6.07, 6.45) is -9.91. The molecule has 0 saturated carbocycles. The maximum absolute atomic E-state index is 13.8. The van der Waals surface area contributed by atoms with E-state index in [1.165, 1.54) is 36.4 Å². The van der Waals surface area contributed by atoms with Crippen LogP contribution in [0.5, 0.6) is 0 Å². The van der Waals surface area contributed by atoms with E-state index in [1.807, 2.05) is 0 Å². The first kappa shape index (κ1) is 31.8. The minimum absolute atomic E-state index is 0.0578. The van der Waals surface area contributed by atoms with E-state index in [4.69, 9.17) is 24.7 Å². The number of carbonyl (C=O) groups excluding carboxylic acids is 3. The maximum Gasteiger partial charge on any atom is 0.413 e. The van der Waals surface area contributed by atoms with Crippen molar-refractivity contribution in [3.8, 4) is 0 Å². The topological polar surface area (TPSA) is 114 Å². The van der Waals surface area contributed by atoms with Gasteiger partial charge in [0.05, 0.1) is 22.7 Å². The van der Waals surface area contributed by atoms with Gasteiger partial charge >= 0.3 is 24.1 Å². The number of esters is 3. The molecule has 6 atom stereocenters. The predicted molar refractivity (Wildman–Crippen MR) is 152 cm³/mol. The lowest BCUT2D eigenvalue weighted by molar-refractivity contribution is -0.205. The second-order valence-corrected chi connectivity index (χ2v) is 10.4. The first-order chi connectivity index (χ1) is 20.5. The third kappa shape index (κ3) is 7.64. The summed E-state index contributed by atoms with van der Waals surface area (Å²) in [6, 6.07) is 21.3. The van der Waals surface area contributed by atoms with Crippen molar-refractivity contribution in [3.05, 3.63) is 120 Å². The predicted octanol–water partition coefficient (Wildman–Crippen LogP) is 5.20. The van der Waals surface area contributed by atoms with Gasteiger partial charge in [0.25, 0.3) is 0 Å². The zero-order chi connectivity index (χ0) is 31.1. The Balaban J connectivity index is 1.80. The summed E-state index contributed by atoms with van der Waals surface area (Å²) in [6.45, 7) is 3.09. The van der Waals surface area contributed by atoms with Crippen LogP contribution in [-0.4, -0.2) is 66.2 Å². The first-order valence-corrected chi connectivity index (χ1v) is 14.3. The highest BCUT2D eigenvalue weighted by atomic mass is 32.2. The van der Waals surface area contributed by atoms with E-state index in [-0.39, 0.29) is 16.7 Å². The standard InChI is InChI=1S/C31H28F3NO7S/c1-18(31(32,33)34)22(35)23-24(39-27(36)19-12-6-3-7-13-19)25(40-28(37)20-14-8-4-9-15-20)26(30(42-23)43-2)41-29(38)21-16-10-5-11-17-21/h3-17,22-26,30H,1,35H2,2H3/t22-,23-,24?,25?,26-,30?/m1/s1. The van der Waals surface area contributed by atoms with Gasteiger partial charge in [-0.05, 0) is 42.7 Å². The molecular formula is C31H28F3NO7S. The molecule has 1 heterocycles. The fourth-order valence-corrected chi connectivity index (χ4v) is 5.11. The average Bonchev–Trinajstić information content (AvgIpc) is 3.02. The van der Waals surface area contributed by atoms with Crippen LogP contribution in [0.3, 0.4) is 0 Å². The van der Waals surface area contributed by atoms with Crippen LogP contribution in [-0.2, 0) is 18.9 Å². The van der Waals surface area contributed by atoms with Crippen molar-refractivity contribution in [2.75, 3.05) is 6.26 Å². The van der Waals surface area contributed by atoms with Gasteiger partial charge in [0, 0.05) is 5.57 Å². The Morgan fingerprint density at radius 1 is 0.744 bits per heavy atom. The molecule has 8 nitrogen and oxygen atoms in total. The summed E-state index contributed by atoms with van der Waals surface area (Å²) >= 11 is 0.978. The Bertz CT molecular complexity index is 1420. The molecule has 3 unspecified atom stereocenters. The number of hydrogen-bond donors (Lipinski definition) is 1. The number of alkyl halides is 3. The summed E-state index contributed by atoms with van der Waals surface area (Å²) in [5, 5.41) is 0. The molecule has 0 aromatic heterocycles. The highest BCUT2D eigenvalue weighted by Crippen LogP contribution is 2.38. The van der Waals surface area contributed by atoms with Crippen LogP contribution in [0.1, 0.15) is 31.1 Å². The lowest BCUT2D eigenvalue weighted by Crippen LogP contribution is -2.65. The van der Waals surface area contributed by atoms with Gasteiger partial charge in [-0.15, -0.1) is 11.8 Å². The zero-order valence-electron chi connectivity index (χ0n) is 22.8. The number of hydrogen-bond acceptors (Lipinski definition) is 9. The van der Waals surface area contributed by atoms with Crippen molar-refractivity contribution in [2.45, 2.75) is 42.1 Å². The Hall–Kier alpha value is -4.13. The molecule has 43 heavy (non-hydrogen) atoms. The van der Waals surface area contributed by atoms with Crippen molar-refractivity contribution in [3.63, 3.8) is 0 Å². The molecule has 0 aliphatic carbocycles. The molecule has 3 aromatic rings. The molecule has 0 spiro atoms. The van der Waals surface area contributed by atoms with Crippen molar-refractivity contribution in [1.29, 1.82) is 0 Å². The number of halogens is 3. The highest BCUT2D eigenvalue weighted by molar-refractivity contribution is 7.99. The lowest BCUT2D eigenvalue weighted by Gasteiger charge is -2.46. The molecule has 1 fully saturated rings. The van der Waals surface area contributed by atoms with Crippen LogP contribution < -0.4 is 5.73 Å². The molecule has 2 N–H and O–H groups in total. The molecule has 4 rings (SSSR count). The third-order valence-corrected chi connectivity index (χ3v) is 7.49. The molecule has 12 heteroatoms. The molecule has 226 valence electrons. The summed E-state index contributed by atoms with van der Waals surface area (Å²) in [5.41, 5.74) is 3.81. The van der Waals surface area contributed by atoms with Crippen LogP contribution in [0, 0.1) is 0 Å². The van der Waals surface area contributed by atoms with Gasteiger partial charge in [0.1, 0.15) is 11.5 Å². The SMILES string of the molecule is C=C([C@@H](N)[C@H]1OC(SC)[C@H](OC(=O)c2ccccc2)C(OC(=O)c2ccccc2)C1OC(=O)c1ccccc1)C(F)(F)F. The minimum Gasteiger partial charge on any atom is -0.452 e. The molecule has 0 amide bonds. The van der Waals surface area contributed by atoms with Crippen molar-refractivity contribution >= 4 is 29.7 Å². The monoisotopic (exact) mass is 615 g/mol. The highest BCUT2D eigenvalue weighted by Gasteiger charge is 2.56. The number of thioether (sulfide) groups is 1. The molecule has 0 radical (unpaired) electrons. The van der Waals surface area contributed by atoms with Gasteiger partial charge in [0.2, 0.25) is 0 Å². The molecule has 1 aliphatic heterocycles. The van der Waals surface area contributed by atoms with Gasteiger partial charge in [-0.1, -0.05) is 61.2 Å². The molecular weight excluding hydrogens is 587 g/mol. The van der Waals surface area contributed by atoms with E-state index in [0.717, 1.165) is 11.8 Å². The summed E-state index contributed by atoms with van der Waals surface area (Å²) in [5.74, 6) is -2.69. The summed E-state index contributed by atoms with van der Waals surface area (Å²) in [4.78, 5) is 39.7. The second kappa shape index (κ2) is 13.9. The fraction of sp³-hybridized carbons (Fsp3) is 0.258. The van der Waals surface area contributed by atoms with E-state index in [1.54, 1.807) is 60.9 Å². The summed E-state index contributed by atoms with van der Waals surface area (Å²) < 4.78 is 64.5. The summed E-state index contributed by atoms with van der Waals surface area (Å²) in [7, 11) is 0. The van der Waals surface area contributed by atoms with Gasteiger partial charge in [-0.25, -0.2) is 14.4 Å². The first-order valence-electron chi connectivity index (χ1n) is 13.0. The molecule has 1 aliphatic rings. The fourth-order valence-electron chi connectivity index (χ4n) is 4.39. The van der Waals surface area contributed by atoms with E-state index < -0.39 is 65.6 Å². The van der Waals surface area contributed by atoms with E-state index >= 15 is 0 Å². The van der Waals surface area contributed by atoms with Crippen LogP contribution in [0.2, 0.25) is 0 Å². The average molecular weight is 616 g/mol. The van der Waals surface area contributed by atoms with E-state index in [0.29, 0.717) is 0 Å². The second-order valence-electron chi connectivity index (χ2n) is 9.46. The number of nitrogens with two attached hydrogens (primary N) is 1. The number of rotatable bonds is 9. The third-order valence-electron chi connectivity index (χ3n) is 6.64. The van der Waals surface area contributed by atoms with Crippen LogP contribution in [0.15, 0.2) is 103 Å². The van der Waals surface area contributed by atoms with E-state index in [2.05, 4.69) is 6.58 Å². The quantitative estimate of drug-likeness (QED) is 0.197. The Morgan fingerprint density at radius 3 is 1.49 bits per heavy atom. The van der Waals surface area contributed by atoms with Crippen LogP contribution >= 0.6 is 11.8 Å².